The Balaban J connectivity index is 2.82. The molecule has 0 saturated carbocycles. The van der Waals surface area contributed by atoms with E-state index in [1.54, 1.807) is 7.05 Å². The third-order valence-corrected chi connectivity index (χ3v) is 2.73. The lowest BCUT2D eigenvalue weighted by Gasteiger charge is -2.10. The monoisotopic (exact) mass is 267 g/mol. The van der Waals surface area contributed by atoms with Crippen molar-refractivity contribution in [3.05, 3.63) is 29.1 Å². The van der Waals surface area contributed by atoms with Gasteiger partial charge in [-0.3, -0.25) is 9.59 Å². The highest BCUT2D eigenvalue weighted by Gasteiger charge is 2.12. The molecule has 0 radical (unpaired) electrons. The highest BCUT2D eigenvalue weighted by atomic mass is 19.1. The minimum atomic E-state index is -0.732. The normalized spacial score (nSPS) is 10.3. The lowest BCUT2D eigenvalue weighted by molar-refractivity contribution is -0.116. The maximum absolute atomic E-state index is 13.6. The summed E-state index contributed by atoms with van der Waals surface area (Å²) in [4.78, 5) is 22.7. The number of nitrogens with one attached hydrogen (secondary N) is 2. The number of primary amides is 1. The van der Waals surface area contributed by atoms with E-state index in [2.05, 4.69) is 10.6 Å². The summed E-state index contributed by atoms with van der Waals surface area (Å²) in [6.07, 6.45) is 1.00. The van der Waals surface area contributed by atoms with Crippen LogP contribution in [0.2, 0.25) is 0 Å². The van der Waals surface area contributed by atoms with E-state index in [4.69, 9.17) is 5.73 Å². The van der Waals surface area contributed by atoms with Crippen LogP contribution >= 0.6 is 0 Å². The molecule has 0 unspecified atom stereocenters. The predicted octanol–water partition coefficient (Wildman–Crippen LogP) is 1.17. The molecule has 1 rings (SSSR count). The van der Waals surface area contributed by atoms with Crippen molar-refractivity contribution in [3.63, 3.8) is 0 Å². The fourth-order valence-corrected chi connectivity index (χ4v) is 1.59. The van der Waals surface area contributed by atoms with Gasteiger partial charge in [-0.2, -0.15) is 0 Å². The first kappa shape index (κ1) is 15.1. The van der Waals surface area contributed by atoms with Crippen LogP contribution in [0, 0.1) is 12.7 Å². The maximum Gasteiger partial charge on any atom is 0.248 e. The zero-order valence-electron chi connectivity index (χ0n) is 11.0. The summed E-state index contributed by atoms with van der Waals surface area (Å²) in [5.41, 5.74) is 5.70. The molecular formula is C13H18FN3O2. The molecule has 2 amide bonds. The molecule has 0 heterocycles. The highest BCUT2D eigenvalue weighted by molar-refractivity contribution is 5.97. The number of anilines is 1. The summed E-state index contributed by atoms with van der Waals surface area (Å²) in [7, 11) is 1.80. The van der Waals surface area contributed by atoms with Gasteiger partial charge in [-0.25, -0.2) is 4.39 Å². The molecule has 19 heavy (non-hydrogen) atoms. The standard InChI is InChI=1S/C13H18FN3O2/c1-8-10(14)6-9(13(15)19)7-11(8)17-12(18)4-3-5-16-2/h6-7,16H,3-5H2,1-2H3,(H2,15,19)(H,17,18). The molecule has 4 N–H and O–H groups in total. The number of hydrogen-bond donors (Lipinski definition) is 3. The third-order valence-electron chi connectivity index (χ3n) is 2.73. The molecule has 0 spiro atoms. The lowest BCUT2D eigenvalue weighted by atomic mass is 10.1. The van der Waals surface area contributed by atoms with E-state index < -0.39 is 11.7 Å². The Kier molecular flexibility index (Phi) is 5.44. The Bertz CT molecular complexity index is 489. The third kappa shape index (κ3) is 4.33. The zero-order valence-corrected chi connectivity index (χ0v) is 11.0. The van der Waals surface area contributed by atoms with Crippen LogP contribution in [-0.2, 0) is 4.79 Å². The van der Waals surface area contributed by atoms with Gasteiger partial charge in [0, 0.05) is 23.2 Å². The predicted molar refractivity (Wildman–Crippen MR) is 71.4 cm³/mol. The Morgan fingerprint density at radius 3 is 2.63 bits per heavy atom. The van der Waals surface area contributed by atoms with Crippen molar-refractivity contribution in [1.82, 2.24) is 5.32 Å². The Morgan fingerprint density at radius 2 is 2.05 bits per heavy atom. The van der Waals surface area contributed by atoms with Gasteiger partial charge in [-0.1, -0.05) is 0 Å². The van der Waals surface area contributed by atoms with Gasteiger partial charge in [0.1, 0.15) is 5.82 Å². The SMILES string of the molecule is CNCCCC(=O)Nc1cc(C(N)=O)cc(F)c1C. The maximum atomic E-state index is 13.6. The molecule has 5 nitrogen and oxygen atoms in total. The first-order chi connectivity index (χ1) is 8.95. The van der Waals surface area contributed by atoms with Crippen molar-refractivity contribution in [2.45, 2.75) is 19.8 Å². The molecule has 0 aromatic heterocycles. The lowest BCUT2D eigenvalue weighted by Crippen LogP contribution is -2.17. The van der Waals surface area contributed by atoms with E-state index in [0.717, 1.165) is 12.6 Å². The van der Waals surface area contributed by atoms with Gasteiger partial charge in [-0.15, -0.1) is 0 Å². The van der Waals surface area contributed by atoms with Crippen LogP contribution in [0.5, 0.6) is 0 Å². The molecule has 0 aliphatic rings. The van der Waals surface area contributed by atoms with Crippen LogP contribution in [0.4, 0.5) is 10.1 Å². The van der Waals surface area contributed by atoms with E-state index in [9.17, 15) is 14.0 Å². The number of carbonyl (C=O) groups excluding carboxylic acids is 2. The molecule has 0 saturated heterocycles. The molecule has 0 atom stereocenters. The number of carbonyl (C=O) groups is 2. The van der Waals surface area contributed by atoms with E-state index in [1.807, 2.05) is 0 Å². The summed E-state index contributed by atoms with van der Waals surface area (Å²) >= 11 is 0. The van der Waals surface area contributed by atoms with E-state index in [-0.39, 0.29) is 22.7 Å². The number of halogens is 1. The van der Waals surface area contributed by atoms with Crippen molar-refractivity contribution in [2.24, 2.45) is 5.73 Å². The zero-order chi connectivity index (χ0) is 14.4. The summed E-state index contributed by atoms with van der Waals surface area (Å²) in [5.74, 6) is -1.52. The second-order valence-electron chi connectivity index (χ2n) is 4.25. The Morgan fingerprint density at radius 1 is 1.37 bits per heavy atom. The van der Waals surface area contributed by atoms with Crippen LogP contribution in [0.25, 0.3) is 0 Å². The van der Waals surface area contributed by atoms with Crippen molar-refractivity contribution >= 4 is 17.5 Å². The van der Waals surface area contributed by atoms with Crippen molar-refractivity contribution in [3.8, 4) is 0 Å². The van der Waals surface area contributed by atoms with Crippen LogP contribution in [0.15, 0.2) is 12.1 Å². The van der Waals surface area contributed by atoms with Crippen LogP contribution in [-0.4, -0.2) is 25.4 Å². The molecule has 104 valence electrons. The summed E-state index contributed by atoms with van der Waals surface area (Å²) in [6, 6.07) is 2.45. The average Bonchev–Trinajstić information content (AvgIpc) is 2.34. The van der Waals surface area contributed by atoms with Gasteiger partial charge in [0.05, 0.1) is 0 Å². The van der Waals surface area contributed by atoms with Gasteiger partial charge in [0.25, 0.3) is 0 Å². The first-order valence-electron chi connectivity index (χ1n) is 6.00. The van der Waals surface area contributed by atoms with Crippen molar-refractivity contribution in [1.29, 1.82) is 0 Å². The number of benzene rings is 1. The number of rotatable bonds is 6. The summed E-state index contributed by atoms with van der Waals surface area (Å²) in [5, 5.41) is 5.52. The van der Waals surface area contributed by atoms with Gasteiger partial charge in [0.2, 0.25) is 11.8 Å². The number of hydrogen-bond acceptors (Lipinski definition) is 3. The minimum absolute atomic E-state index is 0.0358. The van der Waals surface area contributed by atoms with Gasteiger partial charge in [-0.05, 0) is 39.1 Å². The second-order valence-corrected chi connectivity index (χ2v) is 4.25. The largest absolute Gasteiger partial charge is 0.366 e. The Hall–Kier alpha value is -1.95. The van der Waals surface area contributed by atoms with Crippen LogP contribution in [0.1, 0.15) is 28.8 Å². The molecule has 0 aliphatic heterocycles. The molecule has 0 bridgehead atoms. The van der Waals surface area contributed by atoms with Gasteiger partial charge >= 0.3 is 0 Å². The molecule has 1 aromatic carbocycles. The topological polar surface area (TPSA) is 84.2 Å². The molecular weight excluding hydrogens is 249 g/mol. The van der Waals surface area contributed by atoms with Gasteiger partial charge in [0.15, 0.2) is 0 Å². The minimum Gasteiger partial charge on any atom is -0.366 e. The van der Waals surface area contributed by atoms with E-state index in [0.29, 0.717) is 12.8 Å². The first-order valence-corrected chi connectivity index (χ1v) is 6.00. The van der Waals surface area contributed by atoms with Crippen LogP contribution < -0.4 is 16.4 Å². The summed E-state index contributed by atoms with van der Waals surface area (Å²) in [6.45, 7) is 2.26. The van der Waals surface area contributed by atoms with Crippen LogP contribution in [0.3, 0.4) is 0 Å². The van der Waals surface area contributed by atoms with Crippen molar-refractivity contribution in [2.75, 3.05) is 18.9 Å². The van der Waals surface area contributed by atoms with E-state index in [1.165, 1.54) is 13.0 Å². The molecule has 0 aliphatic carbocycles. The average molecular weight is 267 g/mol. The second kappa shape index (κ2) is 6.84. The molecule has 6 heteroatoms. The fourth-order valence-electron chi connectivity index (χ4n) is 1.59. The number of amides is 2. The quantitative estimate of drug-likeness (QED) is 0.676. The van der Waals surface area contributed by atoms with Crippen molar-refractivity contribution < 1.29 is 14.0 Å². The smallest absolute Gasteiger partial charge is 0.248 e. The summed E-state index contributed by atoms with van der Waals surface area (Å²) < 4.78 is 13.6. The molecule has 0 fully saturated rings. The fraction of sp³-hybridized carbons (Fsp3) is 0.385. The van der Waals surface area contributed by atoms with Gasteiger partial charge < -0.3 is 16.4 Å². The molecule has 1 aromatic rings. The Labute approximate surface area is 111 Å². The van der Waals surface area contributed by atoms with E-state index >= 15 is 0 Å². The highest BCUT2D eigenvalue weighted by Crippen LogP contribution is 2.20. The number of nitrogens with two attached hydrogens (primary N) is 1.